The van der Waals surface area contributed by atoms with E-state index in [4.69, 9.17) is 9.47 Å². The van der Waals surface area contributed by atoms with Gasteiger partial charge in [-0.25, -0.2) is 23.3 Å². The van der Waals surface area contributed by atoms with Crippen molar-refractivity contribution in [3.63, 3.8) is 0 Å². The van der Waals surface area contributed by atoms with Gasteiger partial charge in [0, 0.05) is 32.3 Å². The van der Waals surface area contributed by atoms with E-state index in [1.165, 1.54) is 24.0 Å². The highest BCUT2D eigenvalue weighted by molar-refractivity contribution is 7.14. The molecule has 0 aliphatic rings. The van der Waals surface area contributed by atoms with Gasteiger partial charge in [-0.15, -0.1) is 10.2 Å². The average Bonchev–Trinajstić information content (AvgIpc) is 3.41. The summed E-state index contributed by atoms with van der Waals surface area (Å²) in [5.74, 6) is -2.41. The van der Waals surface area contributed by atoms with Gasteiger partial charge in [0.05, 0.1) is 5.56 Å². The van der Waals surface area contributed by atoms with E-state index in [-0.39, 0.29) is 47.2 Å². The van der Waals surface area contributed by atoms with E-state index in [0.29, 0.717) is 5.01 Å². The standard InChI is InChI=1S/C30H31F2N5O5S/c1-6-33-27(39)24-26(41-17-18-10-8-7-9-11-18)25(38)21(16-37(24)36(5)29(40)42-30(2,3)4)28-35-34-23(43-28)14-19-12-13-20(31)15-22(19)32/h7-13,15-16H,6,14,17H2,1-5H3,(H,33,39). The molecule has 2 aromatic heterocycles. The van der Waals surface area contributed by atoms with Crippen molar-refractivity contribution in [2.45, 2.75) is 46.3 Å². The largest absolute Gasteiger partial charge is 0.482 e. The number of aromatic nitrogens is 3. The zero-order chi connectivity index (χ0) is 31.3. The van der Waals surface area contributed by atoms with Crippen molar-refractivity contribution < 1.29 is 27.8 Å². The van der Waals surface area contributed by atoms with Crippen LogP contribution in [0.5, 0.6) is 5.75 Å². The number of pyridine rings is 1. The van der Waals surface area contributed by atoms with Crippen LogP contribution in [0.15, 0.2) is 59.5 Å². The molecule has 10 nitrogen and oxygen atoms in total. The number of nitrogens with zero attached hydrogens (tertiary/aromatic N) is 4. The van der Waals surface area contributed by atoms with E-state index in [1.54, 1.807) is 52.0 Å². The van der Waals surface area contributed by atoms with Crippen molar-refractivity contribution in [2.24, 2.45) is 0 Å². The summed E-state index contributed by atoms with van der Waals surface area (Å²) in [5.41, 5.74) is -0.824. The Kier molecular flexibility index (Phi) is 9.54. The summed E-state index contributed by atoms with van der Waals surface area (Å²) in [7, 11) is 1.38. The van der Waals surface area contributed by atoms with Crippen molar-refractivity contribution >= 4 is 23.3 Å². The van der Waals surface area contributed by atoms with E-state index < -0.39 is 34.7 Å². The van der Waals surface area contributed by atoms with Gasteiger partial charge in [-0.2, -0.15) is 0 Å². The summed E-state index contributed by atoms with van der Waals surface area (Å²) >= 11 is 1.01. The van der Waals surface area contributed by atoms with Crippen LogP contribution in [-0.4, -0.2) is 46.1 Å². The average molecular weight is 612 g/mol. The molecule has 0 saturated carbocycles. The maximum atomic E-state index is 14.3. The first-order valence-electron chi connectivity index (χ1n) is 13.4. The van der Waals surface area contributed by atoms with E-state index in [9.17, 15) is 23.2 Å². The molecule has 2 amide bonds. The maximum absolute atomic E-state index is 14.3. The molecule has 0 aliphatic carbocycles. The number of carbonyl (C=O) groups is 2. The Labute approximate surface area is 250 Å². The third kappa shape index (κ3) is 7.60. The maximum Gasteiger partial charge on any atom is 0.429 e. The molecule has 1 N–H and O–H groups in total. The molecule has 0 atom stereocenters. The van der Waals surface area contributed by atoms with Crippen molar-refractivity contribution in [2.75, 3.05) is 18.6 Å². The van der Waals surface area contributed by atoms with Gasteiger partial charge < -0.3 is 14.8 Å². The Morgan fingerprint density at radius 1 is 1.09 bits per heavy atom. The molecule has 0 spiro atoms. The molecule has 0 bridgehead atoms. The SMILES string of the molecule is CCNC(=O)c1c(OCc2ccccc2)c(=O)c(-c2nnc(Cc3ccc(F)cc3F)s2)cn1N(C)C(=O)OC(C)(C)C. The molecule has 4 rings (SSSR count). The lowest BCUT2D eigenvalue weighted by Crippen LogP contribution is -2.44. The van der Waals surface area contributed by atoms with Gasteiger partial charge in [0.25, 0.3) is 5.91 Å². The highest BCUT2D eigenvalue weighted by Crippen LogP contribution is 2.28. The molecule has 4 aromatic rings. The van der Waals surface area contributed by atoms with Crippen LogP contribution in [0, 0.1) is 11.6 Å². The van der Waals surface area contributed by atoms with Crippen LogP contribution in [0.2, 0.25) is 0 Å². The topological polar surface area (TPSA) is 116 Å². The van der Waals surface area contributed by atoms with E-state index >= 15 is 0 Å². The molecule has 0 unspecified atom stereocenters. The van der Waals surface area contributed by atoms with E-state index in [0.717, 1.165) is 34.0 Å². The Morgan fingerprint density at radius 3 is 2.47 bits per heavy atom. The van der Waals surface area contributed by atoms with Gasteiger partial charge in [-0.3, -0.25) is 9.59 Å². The van der Waals surface area contributed by atoms with E-state index in [2.05, 4.69) is 15.5 Å². The highest BCUT2D eigenvalue weighted by Gasteiger charge is 2.30. The summed E-state index contributed by atoms with van der Waals surface area (Å²) < 4.78 is 40.3. The number of carbonyl (C=O) groups excluding carboxylic acids is 2. The van der Waals surface area contributed by atoms with Crippen molar-refractivity contribution in [1.29, 1.82) is 0 Å². The molecule has 2 aromatic carbocycles. The number of ether oxygens (including phenoxy) is 2. The van der Waals surface area contributed by atoms with Crippen LogP contribution < -0.4 is 20.5 Å². The summed E-state index contributed by atoms with van der Waals surface area (Å²) in [6.07, 6.45) is 0.491. The first-order chi connectivity index (χ1) is 20.4. The van der Waals surface area contributed by atoms with Crippen LogP contribution in [0.1, 0.15) is 54.3 Å². The van der Waals surface area contributed by atoms with Crippen LogP contribution >= 0.6 is 11.3 Å². The number of hydrogen-bond acceptors (Lipinski definition) is 8. The second-order valence-electron chi connectivity index (χ2n) is 10.4. The first-order valence-corrected chi connectivity index (χ1v) is 14.2. The summed E-state index contributed by atoms with van der Waals surface area (Å²) in [4.78, 5) is 40.4. The number of benzene rings is 2. The lowest BCUT2D eigenvalue weighted by molar-refractivity contribution is 0.0548. The van der Waals surface area contributed by atoms with Crippen molar-refractivity contribution in [1.82, 2.24) is 20.2 Å². The van der Waals surface area contributed by atoms with Crippen LogP contribution in [-0.2, 0) is 17.8 Å². The molecular formula is C30H31F2N5O5S. The predicted molar refractivity (Wildman–Crippen MR) is 158 cm³/mol. The molecule has 13 heteroatoms. The third-order valence-corrected chi connectivity index (χ3v) is 6.92. The Bertz CT molecular complexity index is 1680. The van der Waals surface area contributed by atoms with Crippen molar-refractivity contribution in [3.05, 3.63) is 98.4 Å². The number of rotatable bonds is 9. The van der Waals surface area contributed by atoms with Gasteiger partial charge in [-0.05, 0) is 44.9 Å². The molecule has 226 valence electrons. The lowest BCUT2D eigenvalue weighted by atomic mass is 10.1. The fraction of sp³-hybridized carbons (Fsp3) is 0.300. The van der Waals surface area contributed by atoms with Gasteiger partial charge >= 0.3 is 6.09 Å². The highest BCUT2D eigenvalue weighted by atomic mass is 32.1. The number of hydrogen-bond donors (Lipinski definition) is 1. The second-order valence-corrected chi connectivity index (χ2v) is 11.5. The van der Waals surface area contributed by atoms with Gasteiger partial charge in [0.15, 0.2) is 16.5 Å². The number of halogens is 2. The molecule has 43 heavy (non-hydrogen) atoms. The summed E-state index contributed by atoms with van der Waals surface area (Å²) in [6, 6.07) is 12.3. The first kappa shape index (κ1) is 31.3. The lowest BCUT2D eigenvalue weighted by Gasteiger charge is -2.28. The minimum absolute atomic E-state index is 0.00410. The fourth-order valence-corrected chi connectivity index (χ4v) is 4.83. The molecule has 0 radical (unpaired) electrons. The normalized spacial score (nSPS) is 11.2. The minimum Gasteiger partial charge on any atom is -0.482 e. The van der Waals surface area contributed by atoms with Crippen LogP contribution in [0.4, 0.5) is 13.6 Å². The van der Waals surface area contributed by atoms with Crippen molar-refractivity contribution in [3.8, 4) is 16.3 Å². The number of amides is 2. The molecule has 0 saturated heterocycles. The minimum atomic E-state index is -0.852. The zero-order valence-corrected chi connectivity index (χ0v) is 25.1. The summed E-state index contributed by atoms with van der Waals surface area (Å²) in [6.45, 7) is 6.99. The smallest absolute Gasteiger partial charge is 0.429 e. The Hall–Kier alpha value is -4.65. The van der Waals surface area contributed by atoms with Crippen LogP contribution in [0.3, 0.4) is 0 Å². The Balaban J connectivity index is 1.85. The van der Waals surface area contributed by atoms with Crippen LogP contribution in [0.25, 0.3) is 10.6 Å². The number of nitrogens with one attached hydrogen (secondary N) is 1. The molecule has 0 fully saturated rings. The van der Waals surface area contributed by atoms with Gasteiger partial charge in [0.1, 0.15) is 28.8 Å². The molecule has 0 aliphatic heterocycles. The fourth-order valence-electron chi connectivity index (χ4n) is 3.96. The quantitative estimate of drug-likeness (QED) is 0.281. The zero-order valence-electron chi connectivity index (χ0n) is 24.3. The third-order valence-electron chi connectivity index (χ3n) is 5.96. The van der Waals surface area contributed by atoms with E-state index in [1.807, 2.05) is 6.07 Å². The Morgan fingerprint density at radius 2 is 1.81 bits per heavy atom. The molecular weight excluding hydrogens is 580 g/mol. The predicted octanol–water partition coefficient (Wildman–Crippen LogP) is 5.07. The monoisotopic (exact) mass is 611 g/mol. The second kappa shape index (κ2) is 13.1. The van der Waals surface area contributed by atoms with Gasteiger partial charge in [-0.1, -0.05) is 47.7 Å². The molecule has 2 heterocycles. The summed E-state index contributed by atoms with van der Waals surface area (Å²) in [5, 5.41) is 12.4. The van der Waals surface area contributed by atoms with Gasteiger partial charge in [0.2, 0.25) is 5.43 Å².